The number of nitrogens with zero attached hydrogens (tertiary/aromatic N) is 3. The van der Waals surface area contributed by atoms with Gasteiger partial charge < -0.3 is 15.1 Å². The molecule has 1 aromatic heterocycles. The smallest absolute Gasteiger partial charge is 0.312 e. The summed E-state index contributed by atoms with van der Waals surface area (Å²) in [6.07, 6.45) is 1.76. The molecule has 0 atom stereocenters. The standard InChI is InChI=1S/C20H21FN4O3/c21-16-6-4-15(5-7-16)14-25-12-11-24(19(27)20(25)28)10-8-18(26)23-13-17-3-1-2-9-22-17/h1-7,9H,8,10-14H2,(H,23,26). The molecule has 7 nitrogen and oxygen atoms in total. The zero-order chi connectivity index (χ0) is 19.9. The largest absolute Gasteiger partial charge is 0.350 e. The van der Waals surface area contributed by atoms with E-state index in [0.717, 1.165) is 11.3 Å². The number of aromatic nitrogens is 1. The van der Waals surface area contributed by atoms with E-state index in [1.165, 1.54) is 21.9 Å². The Morgan fingerprint density at radius 1 is 1.04 bits per heavy atom. The first-order valence-electron chi connectivity index (χ1n) is 9.02. The van der Waals surface area contributed by atoms with Gasteiger partial charge in [0.25, 0.3) is 0 Å². The van der Waals surface area contributed by atoms with E-state index < -0.39 is 11.8 Å². The molecule has 1 N–H and O–H groups in total. The van der Waals surface area contributed by atoms with Crippen LogP contribution in [0.5, 0.6) is 0 Å². The molecule has 3 rings (SSSR count). The van der Waals surface area contributed by atoms with Crippen LogP contribution in [0, 0.1) is 5.82 Å². The van der Waals surface area contributed by atoms with Gasteiger partial charge in [-0.2, -0.15) is 0 Å². The van der Waals surface area contributed by atoms with Crippen molar-refractivity contribution in [3.63, 3.8) is 0 Å². The summed E-state index contributed by atoms with van der Waals surface area (Å²) in [5.41, 5.74) is 1.50. The van der Waals surface area contributed by atoms with Crippen molar-refractivity contribution in [3.8, 4) is 0 Å². The topological polar surface area (TPSA) is 82.6 Å². The molecule has 2 heterocycles. The first-order valence-corrected chi connectivity index (χ1v) is 9.02. The minimum atomic E-state index is -0.620. The number of piperazine rings is 1. The molecule has 0 bridgehead atoms. The molecule has 3 amide bonds. The second kappa shape index (κ2) is 9.07. The van der Waals surface area contributed by atoms with Gasteiger partial charge in [0, 0.05) is 38.8 Å². The Balaban J connectivity index is 1.45. The van der Waals surface area contributed by atoms with Crippen LogP contribution >= 0.6 is 0 Å². The molecule has 2 aromatic rings. The van der Waals surface area contributed by atoms with Gasteiger partial charge in [0.15, 0.2) is 0 Å². The molecule has 0 spiro atoms. The van der Waals surface area contributed by atoms with Crippen molar-refractivity contribution in [2.75, 3.05) is 19.6 Å². The molecular weight excluding hydrogens is 363 g/mol. The molecule has 1 aromatic carbocycles. The van der Waals surface area contributed by atoms with Gasteiger partial charge >= 0.3 is 11.8 Å². The Morgan fingerprint density at radius 2 is 1.75 bits per heavy atom. The second-order valence-corrected chi connectivity index (χ2v) is 6.49. The number of amides is 3. The fraction of sp³-hybridized carbons (Fsp3) is 0.300. The third-order valence-electron chi connectivity index (χ3n) is 4.49. The second-order valence-electron chi connectivity index (χ2n) is 6.49. The monoisotopic (exact) mass is 384 g/mol. The third kappa shape index (κ3) is 5.12. The van der Waals surface area contributed by atoms with Gasteiger partial charge in [-0.25, -0.2) is 4.39 Å². The molecule has 0 radical (unpaired) electrons. The minimum Gasteiger partial charge on any atom is -0.350 e. The Morgan fingerprint density at radius 3 is 2.46 bits per heavy atom. The van der Waals surface area contributed by atoms with Crippen LogP contribution in [0.4, 0.5) is 4.39 Å². The SMILES string of the molecule is O=C(CCN1CCN(Cc2ccc(F)cc2)C(=O)C1=O)NCc1ccccn1. The molecule has 28 heavy (non-hydrogen) atoms. The zero-order valence-electron chi connectivity index (χ0n) is 15.3. The number of halogens is 1. The first-order chi connectivity index (χ1) is 13.5. The van der Waals surface area contributed by atoms with Gasteiger partial charge in [-0.05, 0) is 29.8 Å². The normalized spacial score (nSPS) is 14.3. The predicted molar refractivity (Wildman–Crippen MR) is 99.1 cm³/mol. The Labute approximate surface area is 162 Å². The summed E-state index contributed by atoms with van der Waals surface area (Å²) in [7, 11) is 0. The van der Waals surface area contributed by atoms with Crippen molar-refractivity contribution in [2.24, 2.45) is 0 Å². The molecule has 0 saturated carbocycles. The highest BCUT2D eigenvalue weighted by atomic mass is 19.1. The third-order valence-corrected chi connectivity index (χ3v) is 4.49. The maximum absolute atomic E-state index is 13.0. The summed E-state index contributed by atoms with van der Waals surface area (Å²) in [5.74, 6) is -1.78. The average molecular weight is 384 g/mol. The molecule has 0 aliphatic carbocycles. The number of carbonyl (C=O) groups excluding carboxylic acids is 3. The summed E-state index contributed by atoms with van der Waals surface area (Å²) in [6.45, 7) is 1.49. The molecule has 0 unspecified atom stereocenters. The summed E-state index contributed by atoms with van der Waals surface area (Å²) < 4.78 is 13.0. The number of pyridine rings is 1. The van der Waals surface area contributed by atoms with E-state index in [4.69, 9.17) is 0 Å². The number of hydrogen-bond acceptors (Lipinski definition) is 4. The molecule has 1 fully saturated rings. The molecular formula is C20H21FN4O3. The van der Waals surface area contributed by atoms with Gasteiger partial charge in [0.1, 0.15) is 5.82 Å². The average Bonchev–Trinajstić information content (AvgIpc) is 2.71. The van der Waals surface area contributed by atoms with Crippen molar-refractivity contribution >= 4 is 17.7 Å². The van der Waals surface area contributed by atoms with Crippen LogP contribution in [0.15, 0.2) is 48.7 Å². The van der Waals surface area contributed by atoms with E-state index in [-0.39, 0.29) is 31.2 Å². The van der Waals surface area contributed by atoms with Crippen LogP contribution in [-0.4, -0.2) is 52.1 Å². The lowest BCUT2D eigenvalue weighted by Crippen LogP contribution is -2.54. The number of carbonyl (C=O) groups is 3. The van der Waals surface area contributed by atoms with Crippen LogP contribution in [0.2, 0.25) is 0 Å². The van der Waals surface area contributed by atoms with Crippen LogP contribution in [-0.2, 0) is 27.5 Å². The van der Waals surface area contributed by atoms with Crippen LogP contribution < -0.4 is 5.32 Å². The molecule has 1 saturated heterocycles. The van der Waals surface area contributed by atoms with Gasteiger partial charge in [-0.15, -0.1) is 0 Å². The maximum Gasteiger partial charge on any atom is 0.312 e. The van der Waals surface area contributed by atoms with Crippen molar-refractivity contribution in [2.45, 2.75) is 19.5 Å². The van der Waals surface area contributed by atoms with E-state index in [1.807, 2.05) is 12.1 Å². The minimum absolute atomic E-state index is 0.115. The van der Waals surface area contributed by atoms with Crippen molar-refractivity contribution in [1.29, 1.82) is 0 Å². The summed E-state index contributed by atoms with van der Waals surface area (Å²) in [4.78, 5) is 43.5. The van der Waals surface area contributed by atoms with E-state index >= 15 is 0 Å². The fourth-order valence-electron chi connectivity index (χ4n) is 2.91. The van der Waals surface area contributed by atoms with E-state index in [0.29, 0.717) is 19.6 Å². The van der Waals surface area contributed by atoms with Crippen LogP contribution in [0.25, 0.3) is 0 Å². The highest BCUT2D eigenvalue weighted by Crippen LogP contribution is 2.12. The predicted octanol–water partition coefficient (Wildman–Crippen LogP) is 1.10. The summed E-state index contributed by atoms with van der Waals surface area (Å²) >= 11 is 0. The number of rotatable bonds is 7. The van der Waals surface area contributed by atoms with Crippen LogP contribution in [0.1, 0.15) is 17.7 Å². The maximum atomic E-state index is 13.0. The Kier molecular flexibility index (Phi) is 6.31. The lowest BCUT2D eigenvalue weighted by atomic mass is 10.2. The summed E-state index contributed by atoms with van der Waals surface area (Å²) in [6, 6.07) is 11.3. The van der Waals surface area contributed by atoms with Crippen molar-refractivity contribution < 1.29 is 18.8 Å². The lowest BCUT2D eigenvalue weighted by molar-refractivity contribution is -0.156. The Hall–Kier alpha value is -3.29. The van der Waals surface area contributed by atoms with Gasteiger partial charge in [-0.1, -0.05) is 18.2 Å². The van der Waals surface area contributed by atoms with Crippen molar-refractivity contribution in [1.82, 2.24) is 20.1 Å². The van der Waals surface area contributed by atoms with E-state index in [2.05, 4.69) is 10.3 Å². The number of hydrogen-bond donors (Lipinski definition) is 1. The highest BCUT2D eigenvalue weighted by molar-refractivity contribution is 6.35. The van der Waals surface area contributed by atoms with Crippen molar-refractivity contribution in [3.05, 3.63) is 65.7 Å². The first kappa shape index (κ1) is 19.5. The zero-order valence-corrected chi connectivity index (χ0v) is 15.3. The number of nitrogens with one attached hydrogen (secondary N) is 1. The summed E-state index contributed by atoms with van der Waals surface area (Å²) in [5, 5.41) is 2.75. The number of benzene rings is 1. The van der Waals surface area contributed by atoms with Crippen LogP contribution in [0.3, 0.4) is 0 Å². The molecule has 1 aliphatic rings. The fourth-order valence-corrected chi connectivity index (χ4v) is 2.91. The van der Waals surface area contributed by atoms with E-state index in [1.54, 1.807) is 24.4 Å². The van der Waals surface area contributed by atoms with Gasteiger partial charge in [0.05, 0.1) is 12.2 Å². The van der Waals surface area contributed by atoms with Gasteiger partial charge in [-0.3, -0.25) is 19.4 Å². The Bertz CT molecular complexity index is 842. The van der Waals surface area contributed by atoms with Gasteiger partial charge in [0.2, 0.25) is 5.91 Å². The molecule has 8 heteroatoms. The van der Waals surface area contributed by atoms with E-state index in [9.17, 15) is 18.8 Å². The molecule has 1 aliphatic heterocycles. The quantitative estimate of drug-likeness (QED) is 0.725. The lowest BCUT2D eigenvalue weighted by Gasteiger charge is -2.33. The highest BCUT2D eigenvalue weighted by Gasteiger charge is 2.32. The molecule has 146 valence electrons.